The number of thioether (sulfide) groups is 1. The minimum atomic E-state index is -0.958. The fraction of sp³-hybridized carbons (Fsp3) is 0.875. The lowest BCUT2D eigenvalue weighted by atomic mass is 10.2. The van der Waals surface area contributed by atoms with Gasteiger partial charge in [0.25, 0.3) is 0 Å². The molecule has 4 nitrogen and oxygen atoms in total. The lowest BCUT2D eigenvalue weighted by Gasteiger charge is -2.10. The van der Waals surface area contributed by atoms with Crippen LogP contribution >= 0.6 is 11.8 Å². The maximum atomic E-state index is 10.2. The van der Waals surface area contributed by atoms with Crippen LogP contribution in [0.1, 0.15) is 13.3 Å². The van der Waals surface area contributed by atoms with E-state index in [-0.39, 0.29) is 6.42 Å². The molecule has 0 saturated carbocycles. The summed E-state index contributed by atoms with van der Waals surface area (Å²) >= 11 is 1.54. The highest BCUT2D eigenvalue weighted by Gasteiger charge is 2.09. The summed E-state index contributed by atoms with van der Waals surface area (Å²) in [4.78, 5) is 10.2. The summed E-state index contributed by atoms with van der Waals surface area (Å²) in [6.07, 6.45) is -0.920. The van der Waals surface area contributed by atoms with Crippen LogP contribution in [-0.4, -0.2) is 40.3 Å². The third-order valence-electron chi connectivity index (χ3n) is 1.53. The van der Waals surface area contributed by atoms with Crippen LogP contribution < -0.4 is 5.73 Å². The second-order valence-electron chi connectivity index (χ2n) is 3.13. The highest BCUT2D eigenvalue weighted by atomic mass is 32.2. The molecule has 0 aliphatic rings. The van der Waals surface area contributed by atoms with Gasteiger partial charge in [0.05, 0.1) is 12.5 Å². The Morgan fingerprint density at radius 3 is 2.62 bits per heavy atom. The predicted octanol–water partition coefficient (Wildman–Crippen LogP) is 0.150. The van der Waals surface area contributed by atoms with E-state index in [4.69, 9.17) is 10.8 Å². The predicted molar refractivity (Wildman–Crippen MR) is 53.8 cm³/mol. The van der Waals surface area contributed by atoms with Gasteiger partial charge in [0.15, 0.2) is 0 Å². The Bertz CT molecular complexity index is 154. The summed E-state index contributed by atoms with van der Waals surface area (Å²) in [5.74, 6) is 0.797. The number of carbonyl (C=O) groups is 1. The van der Waals surface area contributed by atoms with Crippen molar-refractivity contribution in [3.05, 3.63) is 0 Å². The Morgan fingerprint density at radius 2 is 2.15 bits per heavy atom. The van der Waals surface area contributed by atoms with Crippen molar-refractivity contribution < 1.29 is 15.0 Å². The molecule has 0 aliphatic heterocycles. The van der Waals surface area contributed by atoms with Crippen LogP contribution in [0.3, 0.4) is 0 Å². The van der Waals surface area contributed by atoms with Gasteiger partial charge in [-0.25, -0.2) is 0 Å². The van der Waals surface area contributed by atoms with Gasteiger partial charge in [-0.2, -0.15) is 11.8 Å². The Hall–Kier alpha value is -0.260. The molecule has 13 heavy (non-hydrogen) atoms. The molecular formula is C8H17NO3S. The van der Waals surface area contributed by atoms with Crippen LogP contribution in [0.5, 0.6) is 0 Å². The maximum absolute atomic E-state index is 10.2. The molecule has 0 heterocycles. The van der Waals surface area contributed by atoms with Crippen molar-refractivity contribution >= 4 is 17.7 Å². The van der Waals surface area contributed by atoms with Crippen molar-refractivity contribution in [2.45, 2.75) is 19.4 Å². The second-order valence-corrected chi connectivity index (χ2v) is 4.20. The molecule has 0 rings (SSSR count). The number of hydrogen-bond donors (Lipinski definition) is 3. The van der Waals surface area contributed by atoms with Gasteiger partial charge in [0, 0.05) is 5.75 Å². The fourth-order valence-corrected chi connectivity index (χ4v) is 1.80. The molecule has 0 aromatic heterocycles. The van der Waals surface area contributed by atoms with E-state index < -0.39 is 12.1 Å². The van der Waals surface area contributed by atoms with Gasteiger partial charge in [0.2, 0.25) is 0 Å². The minimum Gasteiger partial charge on any atom is -0.481 e. The summed E-state index contributed by atoms with van der Waals surface area (Å²) in [6, 6.07) is 0. The van der Waals surface area contributed by atoms with E-state index in [1.54, 1.807) is 11.8 Å². The van der Waals surface area contributed by atoms with Gasteiger partial charge in [0.1, 0.15) is 0 Å². The monoisotopic (exact) mass is 207 g/mol. The van der Waals surface area contributed by atoms with E-state index in [9.17, 15) is 9.90 Å². The molecule has 0 fully saturated rings. The van der Waals surface area contributed by atoms with E-state index in [1.165, 1.54) is 0 Å². The van der Waals surface area contributed by atoms with Gasteiger partial charge in [-0.05, 0) is 18.2 Å². The number of carboxylic acid groups (broad SMARTS) is 1. The lowest BCUT2D eigenvalue weighted by Crippen LogP contribution is -2.18. The molecular weight excluding hydrogens is 190 g/mol. The maximum Gasteiger partial charge on any atom is 0.306 e. The van der Waals surface area contributed by atoms with Crippen LogP contribution in [-0.2, 0) is 4.79 Å². The quantitative estimate of drug-likeness (QED) is 0.553. The van der Waals surface area contributed by atoms with Gasteiger partial charge >= 0.3 is 5.97 Å². The first kappa shape index (κ1) is 12.7. The van der Waals surface area contributed by atoms with Crippen molar-refractivity contribution in [1.29, 1.82) is 0 Å². The molecule has 0 spiro atoms. The second kappa shape index (κ2) is 7.17. The van der Waals surface area contributed by atoms with E-state index in [2.05, 4.69) is 0 Å². The van der Waals surface area contributed by atoms with Crippen molar-refractivity contribution in [1.82, 2.24) is 0 Å². The molecule has 2 unspecified atom stereocenters. The smallest absolute Gasteiger partial charge is 0.306 e. The normalized spacial score (nSPS) is 15.3. The van der Waals surface area contributed by atoms with Gasteiger partial charge in [-0.3, -0.25) is 4.79 Å². The number of aliphatic hydroxyl groups is 1. The van der Waals surface area contributed by atoms with Crippen LogP contribution in [0.4, 0.5) is 0 Å². The van der Waals surface area contributed by atoms with E-state index >= 15 is 0 Å². The number of rotatable bonds is 7. The Morgan fingerprint density at radius 1 is 1.54 bits per heavy atom. The van der Waals surface area contributed by atoms with E-state index in [0.29, 0.717) is 18.2 Å². The van der Waals surface area contributed by atoms with Crippen molar-refractivity contribution in [2.75, 3.05) is 18.1 Å². The van der Waals surface area contributed by atoms with E-state index in [1.807, 2.05) is 6.92 Å². The molecule has 0 amide bonds. The summed E-state index contributed by atoms with van der Waals surface area (Å²) in [6.45, 7) is 2.65. The van der Waals surface area contributed by atoms with Gasteiger partial charge < -0.3 is 15.9 Å². The summed E-state index contributed by atoms with van der Waals surface area (Å²) in [5, 5.41) is 17.5. The zero-order valence-electron chi connectivity index (χ0n) is 7.77. The van der Waals surface area contributed by atoms with Crippen molar-refractivity contribution in [2.24, 2.45) is 11.7 Å². The Balaban J connectivity index is 3.36. The summed E-state index contributed by atoms with van der Waals surface area (Å²) in [5.41, 5.74) is 5.40. The standard InChI is InChI=1S/C8H17NO3S/c1-6(3-9)4-13-5-7(10)2-8(11)12/h6-7,10H,2-5,9H2,1H3,(H,11,12). The molecule has 2 atom stereocenters. The van der Waals surface area contributed by atoms with Crippen LogP contribution in [0.25, 0.3) is 0 Å². The molecule has 4 N–H and O–H groups in total. The summed E-state index contributed by atoms with van der Waals surface area (Å²) in [7, 11) is 0. The van der Waals surface area contributed by atoms with Gasteiger partial charge in [-0.15, -0.1) is 0 Å². The molecule has 0 aliphatic carbocycles. The zero-order chi connectivity index (χ0) is 10.3. The first-order valence-corrected chi connectivity index (χ1v) is 5.39. The van der Waals surface area contributed by atoms with Crippen molar-refractivity contribution in [3.8, 4) is 0 Å². The number of hydrogen-bond acceptors (Lipinski definition) is 4. The van der Waals surface area contributed by atoms with Crippen LogP contribution in [0.15, 0.2) is 0 Å². The van der Waals surface area contributed by atoms with Crippen molar-refractivity contribution in [3.63, 3.8) is 0 Å². The molecule has 0 aromatic rings. The minimum absolute atomic E-state index is 0.177. The zero-order valence-corrected chi connectivity index (χ0v) is 8.59. The number of aliphatic carboxylic acids is 1. The van der Waals surface area contributed by atoms with E-state index in [0.717, 1.165) is 5.75 Å². The molecule has 0 radical (unpaired) electrons. The molecule has 0 aromatic carbocycles. The number of carboxylic acids is 1. The fourth-order valence-electron chi connectivity index (χ4n) is 0.734. The third kappa shape index (κ3) is 8.08. The number of aliphatic hydroxyl groups excluding tert-OH is 1. The average molecular weight is 207 g/mol. The number of nitrogens with two attached hydrogens (primary N) is 1. The SMILES string of the molecule is CC(CN)CSCC(O)CC(=O)O. The Kier molecular flexibility index (Phi) is 7.03. The van der Waals surface area contributed by atoms with Crippen LogP contribution in [0.2, 0.25) is 0 Å². The molecule has 5 heteroatoms. The lowest BCUT2D eigenvalue weighted by molar-refractivity contribution is -0.138. The van der Waals surface area contributed by atoms with Gasteiger partial charge in [-0.1, -0.05) is 6.92 Å². The molecule has 0 bridgehead atoms. The summed E-state index contributed by atoms with van der Waals surface area (Å²) < 4.78 is 0. The molecule has 0 saturated heterocycles. The highest BCUT2D eigenvalue weighted by molar-refractivity contribution is 7.99. The first-order valence-electron chi connectivity index (χ1n) is 4.24. The largest absolute Gasteiger partial charge is 0.481 e. The Labute approximate surface area is 82.5 Å². The highest BCUT2D eigenvalue weighted by Crippen LogP contribution is 2.10. The molecule has 78 valence electrons. The topological polar surface area (TPSA) is 83.5 Å². The average Bonchev–Trinajstić information content (AvgIpc) is 2.02. The third-order valence-corrected chi connectivity index (χ3v) is 2.95. The van der Waals surface area contributed by atoms with Crippen LogP contribution in [0, 0.1) is 5.92 Å². The first-order chi connectivity index (χ1) is 6.06.